The molecular weight excluding hydrogens is 557 g/mol. The highest BCUT2D eigenvalue weighted by Gasteiger charge is 2.44. The van der Waals surface area contributed by atoms with E-state index in [0.29, 0.717) is 42.3 Å². The van der Waals surface area contributed by atoms with Crippen molar-refractivity contribution in [2.45, 2.75) is 51.6 Å². The van der Waals surface area contributed by atoms with Crippen LogP contribution >= 0.6 is 0 Å². The van der Waals surface area contributed by atoms with Crippen LogP contribution in [0, 0.1) is 22.9 Å². The number of β-amino-alcohol motifs (C(OH)–C–C–N with tert-alkyl or cyclic N) is 1. The van der Waals surface area contributed by atoms with Gasteiger partial charge in [0, 0.05) is 30.4 Å². The number of fused-ring (bicyclic) bond motifs is 2. The molecule has 2 N–H and O–H groups in total. The Morgan fingerprint density at radius 1 is 1.05 bits per heavy atom. The number of phenols is 1. The standard InChI is InChI=1S/C33H37F3N4O3/c1-5-21-24(34)8-7-19-13-20(41)14-22(26(19)21)27-25(35)15-23-29(28(27)36)37-31(43-18-33(10-11-33)17-39(3)4)38-30(23)40-12-6-9-32(2,42)16-40/h7-8,13-15,41-42H,5-6,9-12,16-18H2,1-4H3/t32-/m1/s1. The van der Waals surface area contributed by atoms with Gasteiger partial charge in [0.05, 0.1) is 17.8 Å². The average molecular weight is 595 g/mol. The fraction of sp³-hybridized carbons (Fsp3) is 0.455. The Morgan fingerprint density at radius 2 is 1.81 bits per heavy atom. The van der Waals surface area contributed by atoms with Crippen molar-refractivity contribution >= 4 is 27.5 Å². The van der Waals surface area contributed by atoms with E-state index in [1.54, 1.807) is 13.8 Å². The Balaban J connectivity index is 1.55. The van der Waals surface area contributed by atoms with E-state index in [2.05, 4.69) is 14.9 Å². The van der Waals surface area contributed by atoms with E-state index >= 15 is 8.78 Å². The topological polar surface area (TPSA) is 82.0 Å². The third-order valence-electron chi connectivity index (χ3n) is 8.71. The van der Waals surface area contributed by atoms with Gasteiger partial charge < -0.3 is 24.7 Å². The lowest BCUT2D eigenvalue weighted by Gasteiger charge is -2.38. The van der Waals surface area contributed by atoms with Crippen LogP contribution in [0.3, 0.4) is 0 Å². The van der Waals surface area contributed by atoms with Gasteiger partial charge in [-0.2, -0.15) is 9.97 Å². The summed E-state index contributed by atoms with van der Waals surface area (Å²) in [6.07, 6.45) is 3.53. The maximum absolute atomic E-state index is 16.7. The number of ether oxygens (including phenoxy) is 1. The molecule has 2 heterocycles. The van der Waals surface area contributed by atoms with E-state index in [-0.39, 0.29) is 52.4 Å². The average Bonchev–Trinajstić information content (AvgIpc) is 3.70. The van der Waals surface area contributed by atoms with Crippen molar-refractivity contribution in [3.8, 4) is 22.9 Å². The molecule has 0 spiro atoms. The molecule has 0 amide bonds. The second-order valence-electron chi connectivity index (χ2n) is 12.8. The van der Waals surface area contributed by atoms with Crippen molar-refractivity contribution in [3.05, 3.63) is 53.3 Å². The van der Waals surface area contributed by atoms with Crippen molar-refractivity contribution in [2.24, 2.45) is 5.41 Å². The molecule has 1 aliphatic carbocycles. The van der Waals surface area contributed by atoms with Crippen molar-refractivity contribution in [2.75, 3.05) is 45.2 Å². The van der Waals surface area contributed by atoms with E-state index in [1.807, 2.05) is 19.0 Å². The van der Waals surface area contributed by atoms with Crippen LogP contribution in [0.4, 0.5) is 19.0 Å². The largest absolute Gasteiger partial charge is 0.508 e. The highest BCUT2D eigenvalue weighted by molar-refractivity contribution is 6.03. The number of halogens is 3. The summed E-state index contributed by atoms with van der Waals surface area (Å²) in [5, 5.41) is 22.3. The van der Waals surface area contributed by atoms with Gasteiger partial charge in [-0.1, -0.05) is 13.0 Å². The van der Waals surface area contributed by atoms with Crippen LogP contribution in [-0.2, 0) is 6.42 Å². The summed E-state index contributed by atoms with van der Waals surface area (Å²) >= 11 is 0. The number of aliphatic hydroxyl groups is 1. The fourth-order valence-electron chi connectivity index (χ4n) is 6.57. The summed E-state index contributed by atoms with van der Waals surface area (Å²) < 4.78 is 53.8. The van der Waals surface area contributed by atoms with Gasteiger partial charge in [0.2, 0.25) is 0 Å². The summed E-state index contributed by atoms with van der Waals surface area (Å²) in [6, 6.07) is 6.63. The normalized spacial score (nSPS) is 19.9. The Bertz CT molecular complexity index is 1720. The number of piperidine rings is 1. The number of benzene rings is 3. The maximum Gasteiger partial charge on any atom is 0.319 e. The minimum absolute atomic E-state index is 0.0322. The van der Waals surface area contributed by atoms with E-state index in [0.717, 1.165) is 19.4 Å². The summed E-state index contributed by atoms with van der Waals surface area (Å²) in [6.45, 7) is 5.43. The zero-order valence-corrected chi connectivity index (χ0v) is 25.0. The molecular formula is C33H37F3N4O3. The number of aryl methyl sites for hydroxylation is 1. The molecule has 0 radical (unpaired) electrons. The molecule has 2 aliphatic rings. The lowest BCUT2D eigenvalue weighted by atomic mass is 9.91. The number of rotatable bonds is 8. The Kier molecular flexibility index (Phi) is 7.41. The van der Waals surface area contributed by atoms with Gasteiger partial charge >= 0.3 is 6.01 Å². The Morgan fingerprint density at radius 3 is 2.49 bits per heavy atom. The summed E-state index contributed by atoms with van der Waals surface area (Å²) in [7, 11) is 4.00. The zero-order chi connectivity index (χ0) is 30.7. The van der Waals surface area contributed by atoms with Crippen molar-refractivity contribution < 1.29 is 28.1 Å². The van der Waals surface area contributed by atoms with Crippen LogP contribution < -0.4 is 9.64 Å². The summed E-state index contributed by atoms with van der Waals surface area (Å²) in [5.41, 5.74) is -1.27. The first-order chi connectivity index (χ1) is 20.4. The number of anilines is 1. The van der Waals surface area contributed by atoms with Gasteiger partial charge in [-0.05, 0) is 99.3 Å². The van der Waals surface area contributed by atoms with Crippen LogP contribution in [0.2, 0.25) is 0 Å². The molecule has 6 rings (SSSR count). The molecule has 0 unspecified atom stereocenters. The van der Waals surface area contributed by atoms with Crippen molar-refractivity contribution in [3.63, 3.8) is 0 Å². The molecule has 228 valence electrons. The van der Waals surface area contributed by atoms with Crippen molar-refractivity contribution in [1.29, 1.82) is 0 Å². The first kappa shape index (κ1) is 29.4. The van der Waals surface area contributed by atoms with E-state index in [4.69, 9.17) is 4.74 Å². The van der Waals surface area contributed by atoms with Gasteiger partial charge in [0.15, 0.2) is 5.82 Å². The van der Waals surface area contributed by atoms with Crippen LogP contribution in [0.1, 0.15) is 45.1 Å². The third kappa shape index (κ3) is 5.58. The molecule has 1 saturated carbocycles. The molecule has 4 aromatic rings. The Labute approximate surface area is 248 Å². The van der Waals surface area contributed by atoms with E-state index < -0.39 is 28.6 Å². The number of nitrogens with zero attached hydrogens (tertiary/aromatic N) is 4. The maximum atomic E-state index is 16.7. The number of phenolic OH excluding ortho intramolecular Hbond substituents is 1. The van der Waals surface area contributed by atoms with Crippen LogP contribution in [0.15, 0.2) is 30.3 Å². The number of aromatic hydroxyl groups is 1. The Hall–Kier alpha value is -3.63. The minimum Gasteiger partial charge on any atom is -0.508 e. The molecule has 1 aliphatic heterocycles. The van der Waals surface area contributed by atoms with Gasteiger partial charge in [-0.25, -0.2) is 13.2 Å². The lowest BCUT2D eigenvalue weighted by molar-refractivity contribution is 0.0447. The van der Waals surface area contributed by atoms with Crippen LogP contribution in [0.5, 0.6) is 11.8 Å². The smallest absolute Gasteiger partial charge is 0.319 e. The highest BCUT2D eigenvalue weighted by atomic mass is 19.1. The van der Waals surface area contributed by atoms with Gasteiger partial charge in [-0.3, -0.25) is 0 Å². The molecule has 7 nitrogen and oxygen atoms in total. The molecule has 2 fully saturated rings. The van der Waals surface area contributed by atoms with E-state index in [9.17, 15) is 14.6 Å². The molecule has 43 heavy (non-hydrogen) atoms. The summed E-state index contributed by atoms with van der Waals surface area (Å²) in [5.74, 6) is -2.27. The number of hydrogen-bond acceptors (Lipinski definition) is 7. The first-order valence-electron chi connectivity index (χ1n) is 14.8. The number of hydrogen-bond donors (Lipinski definition) is 2. The summed E-state index contributed by atoms with van der Waals surface area (Å²) in [4.78, 5) is 13.0. The predicted molar refractivity (Wildman–Crippen MR) is 161 cm³/mol. The van der Waals surface area contributed by atoms with Crippen LogP contribution in [-0.4, -0.2) is 71.0 Å². The van der Waals surface area contributed by atoms with Crippen LogP contribution in [0.25, 0.3) is 32.8 Å². The number of aromatic nitrogens is 2. The minimum atomic E-state index is -1.00. The SMILES string of the molecule is CCc1c(F)ccc2cc(O)cc(-c3c(F)cc4c(N5CCC[C@@](C)(O)C5)nc(OCC5(CN(C)C)CC5)nc4c3F)c12. The van der Waals surface area contributed by atoms with Gasteiger partial charge in [-0.15, -0.1) is 0 Å². The van der Waals surface area contributed by atoms with E-state index in [1.165, 1.54) is 30.3 Å². The van der Waals surface area contributed by atoms with Gasteiger partial charge in [0.1, 0.15) is 28.7 Å². The van der Waals surface area contributed by atoms with Crippen molar-refractivity contribution in [1.82, 2.24) is 14.9 Å². The highest BCUT2D eigenvalue weighted by Crippen LogP contribution is 2.47. The zero-order valence-electron chi connectivity index (χ0n) is 25.0. The first-order valence-corrected chi connectivity index (χ1v) is 14.8. The third-order valence-corrected chi connectivity index (χ3v) is 8.71. The quantitative estimate of drug-likeness (QED) is 0.251. The monoisotopic (exact) mass is 594 g/mol. The van der Waals surface area contributed by atoms with Gasteiger partial charge in [0.25, 0.3) is 0 Å². The lowest BCUT2D eigenvalue weighted by Crippen LogP contribution is -2.46. The second-order valence-corrected chi connectivity index (χ2v) is 12.8. The second kappa shape index (κ2) is 10.8. The molecule has 1 aromatic heterocycles. The molecule has 1 atom stereocenters. The molecule has 3 aromatic carbocycles. The fourth-order valence-corrected chi connectivity index (χ4v) is 6.57. The molecule has 1 saturated heterocycles. The predicted octanol–water partition coefficient (Wildman–Crippen LogP) is 6.21. The molecule has 0 bridgehead atoms. The molecule has 10 heteroatoms.